The van der Waals surface area contributed by atoms with E-state index >= 15 is 0 Å². The molecule has 0 atom stereocenters. The van der Waals surface area contributed by atoms with Crippen molar-refractivity contribution in [2.45, 2.75) is 18.7 Å². The molecule has 60 valence electrons. The minimum absolute atomic E-state index is 0.834. The molecule has 0 amide bonds. The smallest absolute Gasteiger partial charge is 0.0755 e. The number of aliphatic imine (C=N–C) groups is 1. The summed E-state index contributed by atoms with van der Waals surface area (Å²) in [5.74, 6) is 0. The zero-order valence-corrected chi connectivity index (χ0v) is 7.81. The van der Waals surface area contributed by atoms with Crippen molar-refractivity contribution in [3.63, 3.8) is 0 Å². The molecule has 0 aliphatic heterocycles. The highest BCUT2D eigenvalue weighted by molar-refractivity contribution is 7.80. The summed E-state index contributed by atoms with van der Waals surface area (Å²) in [5.41, 5.74) is 0.834. The molecular formula is C9H13NS. The molecule has 0 radical (unpaired) electrons. The average Bonchev–Trinajstić information content (AvgIpc) is 2.09. The van der Waals surface area contributed by atoms with Gasteiger partial charge in [-0.2, -0.15) is 0 Å². The van der Waals surface area contributed by atoms with E-state index in [1.54, 1.807) is 0 Å². The van der Waals surface area contributed by atoms with Crippen molar-refractivity contribution in [2.24, 2.45) is 4.99 Å². The molecule has 0 aliphatic rings. The molecule has 0 aromatic heterocycles. The van der Waals surface area contributed by atoms with Gasteiger partial charge in [0.15, 0.2) is 0 Å². The molecule has 0 saturated carbocycles. The molecule has 0 bridgehead atoms. The normalized spacial score (nSPS) is 7.91. The van der Waals surface area contributed by atoms with Gasteiger partial charge in [-0.1, -0.05) is 26.0 Å². The van der Waals surface area contributed by atoms with Crippen molar-refractivity contribution < 1.29 is 0 Å². The third-order valence-electron chi connectivity index (χ3n) is 1.05. The van der Waals surface area contributed by atoms with Crippen LogP contribution in [0.15, 0.2) is 34.2 Å². The maximum absolute atomic E-state index is 4.14. The Kier molecular flexibility index (Phi) is 5.57. The van der Waals surface area contributed by atoms with Crippen LogP contribution < -0.4 is 0 Å². The highest BCUT2D eigenvalue weighted by atomic mass is 32.1. The lowest BCUT2D eigenvalue weighted by atomic mass is 10.3. The van der Waals surface area contributed by atoms with Gasteiger partial charge in [0.05, 0.1) is 5.69 Å². The highest BCUT2D eigenvalue weighted by Crippen LogP contribution is 2.20. The van der Waals surface area contributed by atoms with E-state index in [2.05, 4.69) is 24.3 Å². The summed E-state index contributed by atoms with van der Waals surface area (Å²) in [5, 5.41) is 0. The lowest BCUT2D eigenvalue weighted by molar-refractivity contribution is 1.40. The maximum atomic E-state index is 4.14. The third kappa shape index (κ3) is 3.23. The highest BCUT2D eigenvalue weighted by Gasteiger charge is 1.89. The fraction of sp³-hybridized carbons (Fsp3) is 0.222. The van der Waals surface area contributed by atoms with Crippen LogP contribution in [0.2, 0.25) is 0 Å². The Morgan fingerprint density at radius 2 is 1.82 bits per heavy atom. The summed E-state index contributed by atoms with van der Waals surface area (Å²) in [4.78, 5) is 4.61. The molecule has 1 rings (SSSR count). The molecule has 0 spiro atoms. The third-order valence-corrected chi connectivity index (χ3v) is 1.43. The van der Waals surface area contributed by atoms with Gasteiger partial charge in [-0.3, -0.25) is 4.99 Å². The number of nitrogens with zero attached hydrogens (tertiary/aromatic N) is 1. The molecular weight excluding hydrogens is 154 g/mol. The molecule has 0 unspecified atom stereocenters. The molecule has 0 heterocycles. The molecule has 11 heavy (non-hydrogen) atoms. The topological polar surface area (TPSA) is 12.4 Å². The van der Waals surface area contributed by atoms with Crippen molar-refractivity contribution in [3.05, 3.63) is 24.3 Å². The summed E-state index contributed by atoms with van der Waals surface area (Å²) >= 11 is 4.14. The van der Waals surface area contributed by atoms with Gasteiger partial charge in [0.25, 0.3) is 0 Å². The molecule has 1 aromatic rings. The fourth-order valence-corrected chi connectivity index (χ4v) is 0.829. The standard InChI is InChI=1S/C7H7NS.C2H6/c1-8-6-4-2-3-5-7(6)9;1-2/h2-5,9H,1H2;1-2H3. The van der Waals surface area contributed by atoms with Gasteiger partial charge < -0.3 is 0 Å². The number of hydrogen-bond donors (Lipinski definition) is 1. The van der Waals surface area contributed by atoms with Crippen LogP contribution in [0.5, 0.6) is 0 Å². The lowest BCUT2D eigenvalue weighted by Crippen LogP contribution is -1.64. The van der Waals surface area contributed by atoms with Crippen LogP contribution in [-0.2, 0) is 0 Å². The van der Waals surface area contributed by atoms with Crippen LogP contribution in [-0.4, -0.2) is 6.72 Å². The zero-order valence-electron chi connectivity index (χ0n) is 6.91. The number of thiol groups is 1. The van der Waals surface area contributed by atoms with Gasteiger partial charge in [-0.25, -0.2) is 0 Å². The number of para-hydroxylation sites is 1. The Morgan fingerprint density at radius 3 is 2.18 bits per heavy atom. The number of hydrogen-bond acceptors (Lipinski definition) is 2. The van der Waals surface area contributed by atoms with E-state index < -0.39 is 0 Å². The molecule has 1 aromatic carbocycles. The summed E-state index contributed by atoms with van der Waals surface area (Å²) in [6, 6.07) is 7.57. The first-order chi connectivity index (χ1) is 5.34. The van der Waals surface area contributed by atoms with Crippen LogP contribution in [0.1, 0.15) is 13.8 Å². The lowest BCUT2D eigenvalue weighted by Gasteiger charge is -1.93. The Balaban J connectivity index is 0.000000461. The van der Waals surface area contributed by atoms with Gasteiger partial charge in [-0.15, -0.1) is 12.6 Å². The summed E-state index contributed by atoms with van der Waals surface area (Å²) in [6.07, 6.45) is 0. The summed E-state index contributed by atoms with van der Waals surface area (Å²) in [6.45, 7) is 7.39. The van der Waals surface area contributed by atoms with E-state index in [1.807, 2.05) is 38.1 Å². The van der Waals surface area contributed by atoms with Crippen molar-refractivity contribution in [1.29, 1.82) is 0 Å². The van der Waals surface area contributed by atoms with E-state index in [-0.39, 0.29) is 0 Å². The summed E-state index contributed by atoms with van der Waals surface area (Å²) < 4.78 is 0. The Labute approximate surface area is 73.6 Å². The van der Waals surface area contributed by atoms with Gasteiger partial charge in [-0.05, 0) is 18.9 Å². The van der Waals surface area contributed by atoms with Crippen molar-refractivity contribution >= 4 is 25.0 Å². The second-order valence-corrected chi connectivity index (χ2v) is 2.13. The van der Waals surface area contributed by atoms with E-state index in [1.165, 1.54) is 0 Å². The van der Waals surface area contributed by atoms with Gasteiger partial charge in [0.2, 0.25) is 0 Å². The molecule has 0 N–H and O–H groups in total. The van der Waals surface area contributed by atoms with Crippen molar-refractivity contribution in [3.8, 4) is 0 Å². The van der Waals surface area contributed by atoms with E-state index in [9.17, 15) is 0 Å². The van der Waals surface area contributed by atoms with Gasteiger partial charge in [0.1, 0.15) is 0 Å². The van der Waals surface area contributed by atoms with Gasteiger partial charge in [0, 0.05) is 4.90 Å². The maximum Gasteiger partial charge on any atom is 0.0755 e. The predicted molar refractivity (Wildman–Crippen MR) is 54.3 cm³/mol. The minimum atomic E-state index is 0.834. The Morgan fingerprint density at radius 1 is 1.27 bits per heavy atom. The van der Waals surface area contributed by atoms with Crippen LogP contribution in [0, 0.1) is 0 Å². The van der Waals surface area contributed by atoms with Crippen LogP contribution >= 0.6 is 12.6 Å². The first-order valence-electron chi connectivity index (χ1n) is 3.59. The molecule has 0 saturated heterocycles. The zero-order chi connectivity index (χ0) is 8.69. The summed E-state index contributed by atoms with van der Waals surface area (Å²) in [7, 11) is 0. The minimum Gasteiger partial charge on any atom is -0.264 e. The van der Waals surface area contributed by atoms with Crippen LogP contribution in [0.25, 0.3) is 0 Å². The number of rotatable bonds is 1. The second kappa shape index (κ2) is 5.98. The predicted octanol–water partition coefficient (Wildman–Crippen LogP) is 3.33. The second-order valence-electron chi connectivity index (χ2n) is 1.65. The van der Waals surface area contributed by atoms with E-state index in [0.717, 1.165) is 10.6 Å². The average molecular weight is 167 g/mol. The molecule has 0 fully saturated rings. The fourth-order valence-electron chi connectivity index (χ4n) is 0.598. The number of benzene rings is 1. The monoisotopic (exact) mass is 167 g/mol. The molecule has 2 heteroatoms. The van der Waals surface area contributed by atoms with E-state index in [4.69, 9.17) is 0 Å². The molecule has 1 nitrogen and oxygen atoms in total. The Bertz CT molecular complexity index is 221. The van der Waals surface area contributed by atoms with Crippen LogP contribution in [0.4, 0.5) is 5.69 Å². The van der Waals surface area contributed by atoms with Crippen LogP contribution in [0.3, 0.4) is 0 Å². The Hall–Kier alpha value is -0.760. The first-order valence-corrected chi connectivity index (χ1v) is 4.04. The first kappa shape index (κ1) is 10.2. The van der Waals surface area contributed by atoms with Crippen molar-refractivity contribution in [2.75, 3.05) is 0 Å². The molecule has 0 aliphatic carbocycles. The SMILES string of the molecule is C=Nc1ccccc1S.CC. The quantitative estimate of drug-likeness (QED) is 0.486. The van der Waals surface area contributed by atoms with Gasteiger partial charge >= 0.3 is 0 Å². The largest absolute Gasteiger partial charge is 0.264 e. The van der Waals surface area contributed by atoms with Crippen molar-refractivity contribution in [1.82, 2.24) is 0 Å². The van der Waals surface area contributed by atoms with E-state index in [0.29, 0.717) is 0 Å².